The Morgan fingerprint density at radius 1 is 1.23 bits per heavy atom. The molecule has 8 heteroatoms. The van der Waals surface area contributed by atoms with Gasteiger partial charge in [0.15, 0.2) is 0 Å². The highest BCUT2D eigenvalue weighted by atomic mass is 79.9. The van der Waals surface area contributed by atoms with Crippen molar-refractivity contribution in [3.05, 3.63) is 69.3 Å². The van der Waals surface area contributed by atoms with Crippen molar-refractivity contribution in [2.45, 2.75) is 0 Å². The van der Waals surface area contributed by atoms with Crippen LogP contribution >= 0.6 is 27.7 Å². The first kappa shape index (κ1) is 18.3. The van der Waals surface area contributed by atoms with E-state index >= 15 is 0 Å². The van der Waals surface area contributed by atoms with Gasteiger partial charge in [0.05, 0.1) is 10.5 Å². The summed E-state index contributed by atoms with van der Waals surface area (Å²) in [5.41, 5.74) is 1.26. The first-order valence-electron chi connectivity index (χ1n) is 7.74. The second-order valence-corrected chi connectivity index (χ2v) is 7.30. The number of thioether (sulfide) groups is 1. The molecule has 1 aromatic heterocycles. The minimum Gasteiger partial charge on any atom is -0.350 e. The number of benzene rings is 1. The molecule has 0 radical (unpaired) electrons. The van der Waals surface area contributed by atoms with Gasteiger partial charge in [-0.25, -0.2) is 0 Å². The molecule has 1 saturated heterocycles. The minimum atomic E-state index is -0.345. The molecule has 1 N–H and O–H groups in total. The van der Waals surface area contributed by atoms with Crippen LogP contribution in [0.25, 0.3) is 6.08 Å². The van der Waals surface area contributed by atoms with Crippen LogP contribution in [0, 0.1) is 0 Å². The first-order chi connectivity index (χ1) is 12.5. The van der Waals surface area contributed by atoms with Gasteiger partial charge in [-0.1, -0.05) is 30.3 Å². The monoisotopic (exact) mass is 431 g/mol. The Kier molecular flexibility index (Phi) is 5.85. The lowest BCUT2D eigenvalue weighted by atomic mass is 10.2. The molecule has 0 bridgehead atoms. The predicted molar refractivity (Wildman–Crippen MR) is 103 cm³/mol. The van der Waals surface area contributed by atoms with Crippen molar-refractivity contribution in [2.24, 2.45) is 0 Å². The van der Waals surface area contributed by atoms with E-state index in [1.54, 1.807) is 18.3 Å². The van der Waals surface area contributed by atoms with Crippen molar-refractivity contribution in [3.63, 3.8) is 0 Å². The van der Waals surface area contributed by atoms with Crippen LogP contribution in [0.15, 0.2) is 58.2 Å². The second-order valence-electron chi connectivity index (χ2n) is 5.39. The highest BCUT2D eigenvalue weighted by Crippen LogP contribution is 2.31. The number of carbonyl (C=O) groups is 3. The number of hydrogen-bond donors (Lipinski definition) is 1. The van der Waals surface area contributed by atoms with E-state index in [1.807, 2.05) is 30.3 Å². The van der Waals surface area contributed by atoms with Gasteiger partial charge in [0.2, 0.25) is 0 Å². The Morgan fingerprint density at radius 2 is 2.00 bits per heavy atom. The fourth-order valence-electron chi connectivity index (χ4n) is 2.31. The lowest BCUT2D eigenvalue weighted by molar-refractivity contribution is -0.122. The average molecular weight is 432 g/mol. The summed E-state index contributed by atoms with van der Waals surface area (Å²) in [6, 6.07) is 11.0. The highest BCUT2D eigenvalue weighted by Gasteiger charge is 2.34. The molecule has 1 aliphatic heterocycles. The predicted octanol–water partition coefficient (Wildman–Crippen LogP) is 3.31. The lowest BCUT2D eigenvalue weighted by Gasteiger charge is -2.13. The van der Waals surface area contributed by atoms with Gasteiger partial charge in [0.1, 0.15) is 0 Å². The standard InChI is InChI=1S/C18H14BrN3O3S/c19-14-9-13(10-20-11-14)16(23)21-6-7-22-17(24)15(26-18(22)25)8-12-4-2-1-3-5-12/h1-5,8-11H,6-7H2,(H,21,23). The largest absolute Gasteiger partial charge is 0.350 e. The van der Waals surface area contributed by atoms with Crippen molar-refractivity contribution < 1.29 is 14.4 Å². The van der Waals surface area contributed by atoms with E-state index in [0.29, 0.717) is 14.9 Å². The molecule has 1 aliphatic rings. The third-order valence-electron chi connectivity index (χ3n) is 3.56. The SMILES string of the molecule is O=C(NCCN1C(=O)SC(=Cc2ccccc2)C1=O)c1cncc(Br)c1. The molecule has 0 atom stereocenters. The van der Waals surface area contributed by atoms with Gasteiger partial charge in [-0.3, -0.25) is 24.3 Å². The van der Waals surface area contributed by atoms with E-state index < -0.39 is 0 Å². The summed E-state index contributed by atoms with van der Waals surface area (Å²) in [5.74, 6) is -0.659. The maximum Gasteiger partial charge on any atom is 0.293 e. The van der Waals surface area contributed by atoms with Gasteiger partial charge >= 0.3 is 0 Å². The second kappa shape index (κ2) is 8.29. The number of amides is 3. The van der Waals surface area contributed by atoms with Crippen molar-refractivity contribution >= 4 is 50.8 Å². The summed E-state index contributed by atoms with van der Waals surface area (Å²) in [7, 11) is 0. The molecule has 1 fully saturated rings. The lowest BCUT2D eigenvalue weighted by Crippen LogP contribution is -2.37. The van der Waals surface area contributed by atoms with Crippen LogP contribution < -0.4 is 5.32 Å². The van der Waals surface area contributed by atoms with Crippen molar-refractivity contribution in [1.29, 1.82) is 0 Å². The number of nitrogens with one attached hydrogen (secondary N) is 1. The van der Waals surface area contributed by atoms with Gasteiger partial charge in [-0.05, 0) is 45.4 Å². The summed E-state index contributed by atoms with van der Waals surface area (Å²) >= 11 is 4.16. The Hall–Kier alpha value is -2.45. The molecular formula is C18H14BrN3O3S. The first-order valence-corrected chi connectivity index (χ1v) is 9.35. The van der Waals surface area contributed by atoms with Gasteiger partial charge in [0, 0.05) is 30.0 Å². The number of nitrogens with zero attached hydrogens (tertiary/aromatic N) is 2. The van der Waals surface area contributed by atoms with Crippen LogP contribution in [0.3, 0.4) is 0 Å². The molecule has 0 unspecified atom stereocenters. The van der Waals surface area contributed by atoms with E-state index in [0.717, 1.165) is 22.2 Å². The third kappa shape index (κ3) is 4.39. The zero-order valence-electron chi connectivity index (χ0n) is 13.5. The van der Waals surface area contributed by atoms with E-state index in [2.05, 4.69) is 26.2 Å². The fourth-order valence-corrected chi connectivity index (χ4v) is 3.54. The summed E-state index contributed by atoms with van der Waals surface area (Å²) in [4.78, 5) is 42.0. The summed E-state index contributed by atoms with van der Waals surface area (Å²) < 4.78 is 0.696. The van der Waals surface area contributed by atoms with Crippen molar-refractivity contribution in [2.75, 3.05) is 13.1 Å². The van der Waals surface area contributed by atoms with E-state index in [4.69, 9.17) is 0 Å². The van der Waals surface area contributed by atoms with Gasteiger partial charge < -0.3 is 5.32 Å². The molecule has 26 heavy (non-hydrogen) atoms. The summed E-state index contributed by atoms with van der Waals surface area (Å²) in [6.45, 7) is 0.284. The molecule has 2 aromatic rings. The van der Waals surface area contributed by atoms with E-state index in [9.17, 15) is 14.4 Å². The quantitative estimate of drug-likeness (QED) is 0.734. The highest BCUT2D eigenvalue weighted by molar-refractivity contribution is 9.10. The van der Waals surface area contributed by atoms with E-state index in [1.165, 1.54) is 6.20 Å². The number of halogens is 1. The number of carbonyl (C=O) groups excluding carboxylic acids is 3. The molecule has 6 nitrogen and oxygen atoms in total. The maximum absolute atomic E-state index is 12.4. The number of pyridine rings is 1. The molecule has 132 valence electrons. The average Bonchev–Trinajstić information content (AvgIpc) is 2.90. The molecule has 0 saturated carbocycles. The zero-order chi connectivity index (χ0) is 18.5. The van der Waals surface area contributed by atoms with Crippen LogP contribution in [-0.4, -0.2) is 40.0 Å². The van der Waals surface area contributed by atoms with Gasteiger partial charge in [-0.2, -0.15) is 0 Å². The van der Waals surface area contributed by atoms with Crippen LogP contribution in [0.5, 0.6) is 0 Å². The van der Waals surface area contributed by atoms with Crippen molar-refractivity contribution in [3.8, 4) is 0 Å². The Morgan fingerprint density at radius 3 is 2.73 bits per heavy atom. The number of imide groups is 1. The summed E-state index contributed by atoms with van der Waals surface area (Å²) in [5, 5.41) is 2.35. The Bertz CT molecular complexity index is 886. The number of rotatable bonds is 5. The smallest absolute Gasteiger partial charge is 0.293 e. The Labute approximate surface area is 162 Å². The fraction of sp³-hybridized carbons (Fsp3) is 0.111. The normalized spacial score (nSPS) is 15.6. The molecule has 3 rings (SSSR count). The Balaban J connectivity index is 1.58. The third-order valence-corrected chi connectivity index (χ3v) is 4.90. The summed E-state index contributed by atoms with van der Waals surface area (Å²) in [6.07, 6.45) is 4.72. The number of aromatic nitrogens is 1. The molecule has 3 amide bonds. The molecule has 0 spiro atoms. The topological polar surface area (TPSA) is 79.4 Å². The van der Waals surface area contributed by atoms with Crippen LogP contribution in [0.2, 0.25) is 0 Å². The van der Waals surface area contributed by atoms with Gasteiger partial charge in [-0.15, -0.1) is 0 Å². The minimum absolute atomic E-state index is 0.115. The van der Waals surface area contributed by atoms with Crippen LogP contribution in [0.4, 0.5) is 4.79 Å². The zero-order valence-corrected chi connectivity index (χ0v) is 15.9. The molecular weight excluding hydrogens is 418 g/mol. The molecule has 2 heterocycles. The van der Waals surface area contributed by atoms with Crippen molar-refractivity contribution in [1.82, 2.24) is 15.2 Å². The van der Waals surface area contributed by atoms with Crippen LogP contribution in [-0.2, 0) is 4.79 Å². The molecule has 0 aliphatic carbocycles. The van der Waals surface area contributed by atoms with E-state index in [-0.39, 0.29) is 30.1 Å². The van der Waals surface area contributed by atoms with Gasteiger partial charge in [0.25, 0.3) is 17.1 Å². The number of hydrogen-bond acceptors (Lipinski definition) is 5. The maximum atomic E-state index is 12.4. The molecule has 1 aromatic carbocycles. The van der Waals surface area contributed by atoms with Crippen LogP contribution in [0.1, 0.15) is 15.9 Å².